The first-order valence-corrected chi connectivity index (χ1v) is 43.9. The summed E-state index contributed by atoms with van der Waals surface area (Å²) in [6, 6.07) is -8.27. The Morgan fingerprint density at radius 3 is 1.06 bits per heavy atom. The van der Waals surface area contributed by atoms with Crippen LogP contribution < -0.4 is 32.7 Å². The SMILES string of the molecule is CC(=O)N[C@H]1[C@@H](O[C@@H]2[C@H](O[C@@H]3O[C@@H]([C@H](O)CO)[C@H](O)[C@H]3O)[C@@H](NC(C)=O)[C@@H](O[C@@H]3[C@@H](O)[C@H](OCCCCCCSSCCCCCCO[C@@H]4O[C@@H]5CO[C@@](C)(C(=O)O)O[C@@H]5[C@H](O[C@H]5O[C@H](CO)[C@H](O[C@H]6O[C@H](C)[C@H](N)[C@H](O)[C@H]6NC(C)=O)[C@H](O[C@@H]6O[C@@H]([C@H](O)CO)[C@H](O)[C@H]6O)[C@H]5NC(C)=O)[C@H]4O)O[C@@H]4CO[C@@](C)(C(=O)O)O[C@H]34)O[C@@H]2CO)O[C@H](C)[C@H](N)[C@@H]1O. The Bertz CT molecular complexity index is 3200. The molecular formula is C74H124N6O42S2. The van der Waals surface area contributed by atoms with Gasteiger partial charge in [-0.25, -0.2) is 9.59 Å². The summed E-state index contributed by atoms with van der Waals surface area (Å²) in [5, 5.41) is 185. The van der Waals surface area contributed by atoms with Gasteiger partial charge in [-0.3, -0.25) is 19.2 Å². The summed E-state index contributed by atoms with van der Waals surface area (Å²) in [4.78, 5) is 76.9. The Hall–Kier alpha value is -3.92. The van der Waals surface area contributed by atoms with Gasteiger partial charge in [-0.2, -0.15) is 0 Å². The van der Waals surface area contributed by atoms with Crippen LogP contribution >= 0.6 is 21.6 Å². The molecule has 42 atom stereocenters. The molecule has 4 amide bonds. The van der Waals surface area contributed by atoms with Gasteiger partial charge in [-0.1, -0.05) is 47.3 Å². The van der Waals surface area contributed by atoms with Crippen molar-refractivity contribution in [2.24, 2.45) is 11.5 Å². The molecule has 714 valence electrons. The minimum atomic E-state index is -2.34. The second-order valence-electron chi connectivity index (χ2n) is 32.5. The van der Waals surface area contributed by atoms with E-state index in [4.69, 9.17) is 106 Å². The standard InChI is InChI=1S/C74H124N6O42S2/c1-27-39(75)45(91)41(77-29(3)85)63(107-27)115-55-35(23-83)109-65(43(79-31(5)87)59(55)117-69-49(95)47(93)53(113-69)33(89)21-81)119-61-51(97)67(111-37-25-105-73(7,71(99)100)121-57(37)61)103-17-13-9-11-15-19-123-124-20-16-12-10-14-18-104-68-52(98)62(58-38(112-68)26-106-74(8,122-58)72(101)102)120-66-44(80-32(6)88)60(118-70-50(96)48(94)54(114-70)34(90)22-82)56(36(24-84)110-66)116-64-42(78-30(4)86)46(92)40(76)28(2)108-64/h27-28,33-70,81-84,89-98H,9-26,75-76H2,1-8H3,(H,77,85)(H,78,86)(H,79,87)(H,80,88)(H,99,100)(H,101,102)/t27-,28-,33-,34-,35-,36-,37-,38-,39+,40+,41-,42-,43-,44-,45+,46+,47-,48-,49-,50-,51-,52-,53+,54+,55+,56+,57+,58+,59-,60-,61-,62-,63-,64-,65-,66-,67-,68-,69+,70+,73-,74-/m1/s1. The molecule has 10 saturated heterocycles. The number of carbonyl (C=O) groups excluding carboxylic acids is 4. The number of aliphatic hydroxyl groups is 14. The molecule has 48 nitrogen and oxygen atoms in total. The van der Waals surface area contributed by atoms with E-state index in [1.54, 1.807) is 21.6 Å². The van der Waals surface area contributed by atoms with E-state index in [-0.39, 0.29) is 13.2 Å². The lowest BCUT2D eigenvalue weighted by atomic mass is 9.93. The largest absolute Gasteiger partial charge is 0.477 e. The van der Waals surface area contributed by atoms with Gasteiger partial charge in [0, 0.05) is 66.3 Å². The van der Waals surface area contributed by atoms with Crippen molar-refractivity contribution in [2.45, 2.75) is 364 Å². The van der Waals surface area contributed by atoms with E-state index < -0.39 is 332 Å². The summed E-state index contributed by atoms with van der Waals surface area (Å²) in [6.07, 6.45) is -50.3. The van der Waals surface area contributed by atoms with Crippen molar-refractivity contribution in [3.8, 4) is 0 Å². The zero-order valence-corrected chi connectivity index (χ0v) is 71.2. The summed E-state index contributed by atoms with van der Waals surface area (Å²) in [5.74, 6) is -9.07. The highest BCUT2D eigenvalue weighted by atomic mass is 33.1. The minimum Gasteiger partial charge on any atom is -0.477 e. The molecule has 10 heterocycles. The Morgan fingerprint density at radius 1 is 0.403 bits per heavy atom. The van der Waals surface area contributed by atoms with Gasteiger partial charge in [0.1, 0.15) is 158 Å². The molecule has 0 aliphatic carbocycles. The van der Waals surface area contributed by atoms with Crippen molar-refractivity contribution < 1.29 is 205 Å². The number of hydrogen-bond donors (Lipinski definition) is 22. The normalized spacial score (nSPS) is 44.1. The number of hydrogen-bond acceptors (Lipinski definition) is 44. The van der Waals surface area contributed by atoms with E-state index in [0.717, 1.165) is 78.7 Å². The summed E-state index contributed by atoms with van der Waals surface area (Å²) in [6.45, 7) is 5.13. The molecule has 0 unspecified atom stereocenters. The van der Waals surface area contributed by atoms with Gasteiger partial charge >= 0.3 is 11.9 Å². The number of aliphatic hydroxyl groups excluding tert-OH is 14. The van der Waals surface area contributed by atoms with Crippen LogP contribution in [0.2, 0.25) is 0 Å². The number of aliphatic carboxylic acids is 2. The summed E-state index contributed by atoms with van der Waals surface area (Å²) in [5.41, 5.74) is 12.5. The Labute approximate surface area is 720 Å². The maximum absolute atomic E-state index is 13.3. The summed E-state index contributed by atoms with van der Waals surface area (Å²) < 4.78 is 123. The molecule has 0 aromatic heterocycles. The maximum atomic E-state index is 13.3. The first-order chi connectivity index (χ1) is 58.8. The Kier molecular flexibility index (Phi) is 37.9. The first-order valence-electron chi connectivity index (χ1n) is 41.4. The molecule has 10 aliphatic heterocycles. The van der Waals surface area contributed by atoms with Gasteiger partial charge in [-0.15, -0.1) is 0 Å². The van der Waals surface area contributed by atoms with Crippen molar-refractivity contribution >= 4 is 57.2 Å². The zero-order chi connectivity index (χ0) is 90.7. The highest BCUT2D eigenvalue weighted by Crippen LogP contribution is 2.43. The molecule has 50 heteroatoms. The number of amides is 4. The number of ether oxygens (including phenoxy) is 20. The summed E-state index contributed by atoms with van der Waals surface area (Å²) >= 11 is 0. The van der Waals surface area contributed by atoms with Crippen LogP contribution in [0.15, 0.2) is 0 Å². The second-order valence-corrected chi connectivity index (χ2v) is 35.2. The van der Waals surface area contributed by atoms with Crippen molar-refractivity contribution in [1.82, 2.24) is 21.3 Å². The van der Waals surface area contributed by atoms with Gasteiger partial charge in [0.2, 0.25) is 23.6 Å². The van der Waals surface area contributed by atoms with E-state index in [2.05, 4.69) is 21.3 Å². The number of carboxylic acid groups (broad SMARTS) is 2. The van der Waals surface area contributed by atoms with Crippen LogP contribution in [0, 0.1) is 0 Å². The van der Waals surface area contributed by atoms with Gasteiger partial charge in [0.25, 0.3) is 11.6 Å². The van der Waals surface area contributed by atoms with Gasteiger partial charge < -0.3 is 209 Å². The van der Waals surface area contributed by atoms with E-state index >= 15 is 0 Å². The van der Waals surface area contributed by atoms with Gasteiger partial charge in [0.15, 0.2) is 50.3 Å². The smallest absolute Gasteiger partial charge is 0.364 e. The number of nitrogens with one attached hydrogen (secondary N) is 4. The predicted octanol–water partition coefficient (Wildman–Crippen LogP) is -9.64. The lowest BCUT2D eigenvalue weighted by Crippen LogP contribution is -2.72. The quantitative estimate of drug-likeness (QED) is 0.0200. The third-order valence-electron chi connectivity index (χ3n) is 23.1. The van der Waals surface area contributed by atoms with E-state index in [9.17, 15) is 110 Å². The molecule has 10 rings (SSSR count). The molecule has 0 spiro atoms. The second kappa shape index (κ2) is 46.0. The molecule has 0 aromatic rings. The van der Waals surface area contributed by atoms with Gasteiger partial charge in [-0.05, 0) is 39.5 Å². The molecule has 124 heavy (non-hydrogen) atoms. The molecule has 10 fully saturated rings. The van der Waals surface area contributed by atoms with Crippen LogP contribution in [0.5, 0.6) is 0 Å². The highest BCUT2D eigenvalue weighted by molar-refractivity contribution is 8.76. The maximum Gasteiger partial charge on any atom is 0.364 e. The molecule has 0 bridgehead atoms. The molecule has 10 aliphatic rings. The van der Waals surface area contributed by atoms with Crippen LogP contribution in [0.3, 0.4) is 0 Å². The average molecular weight is 1830 g/mol. The molecule has 0 aromatic carbocycles. The number of nitrogens with two attached hydrogens (primary N) is 2. The van der Waals surface area contributed by atoms with Crippen molar-refractivity contribution in [3.05, 3.63) is 0 Å². The zero-order valence-electron chi connectivity index (χ0n) is 69.6. The van der Waals surface area contributed by atoms with Crippen LogP contribution in [0.25, 0.3) is 0 Å². The fraction of sp³-hybridized carbons (Fsp3) is 0.919. The third-order valence-corrected chi connectivity index (χ3v) is 25.7. The monoisotopic (exact) mass is 1830 g/mol. The molecule has 0 radical (unpaired) electrons. The van der Waals surface area contributed by atoms with E-state index in [1.165, 1.54) is 13.8 Å². The Morgan fingerprint density at radius 2 is 0.726 bits per heavy atom. The molecule has 0 saturated carbocycles. The van der Waals surface area contributed by atoms with Crippen LogP contribution in [0.4, 0.5) is 0 Å². The molecule has 24 N–H and O–H groups in total. The van der Waals surface area contributed by atoms with E-state index in [0.29, 0.717) is 25.7 Å². The number of carboxylic acids is 2. The van der Waals surface area contributed by atoms with Crippen molar-refractivity contribution in [3.63, 3.8) is 0 Å². The van der Waals surface area contributed by atoms with Crippen molar-refractivity contribution in [2.75, 3.05) is 64.4 Å². The predicted molar refractivity (Wildman–Crippen MR) is 412 cm³/mol. The lowest BCUT2D eigenvalue weighted by molar-refractivity contribution is -0.403. The van der Waals surface area contributed by atoms with E-state index in [1.807, 2.05) is 0 Å². The first kappa shape index (κ1) is 102. The fourth-order valence-corrected chi connectivity index (χ4v) is 18.5. The average Bonchev–Trinajstić information content (AvgIpc) is 0.933. The number of fused-ring (bicyclic) bond motifs is 2. The minimum absolute atomic E-state index is 0.0289. The van der Waals surface area contributed by atoms with Crippen molar-refractivity contribution in [1.29, 1.82) is 0 Å². The topological polar surface area (TPSA) is 711 Å². The van der Waals surface area contributed by atoms with Crippen LogP contribution in [-0.4, -0.2) is 438 Å². The number of carbonyl (C=O) groups is 6. The van der Waals surface area contributed by atoms with Crippen LogP contribution in [0.1, 0.15) is 107 Å². The lowest BCUT2D eigenvalue weighted by Gasteiger charge is -2.52. The number of rotatable bonds is 41. The summed E-state index contributed by atoms with van der Waals surface area (Å²) in [7, 11) is 3.36. The Balaban J connectivity index is 0.717. The van der Waals surface area contributed by atoms with Gasteiger partial charge in [0.05, 0.1) is 76.1 Å². The highest BCUT2D eigenvalue weighted by Gasteiger charge is 2.64. The fourth-order valence-electron chi connectivity index (χ4n) is 16.2. The number of unbranched alkanes of at least 4 members (excludes halogenated alkanes) is 6. The van der Waals surface area contributed by atoms with Crippen LogP contribution in [-0.2, 0) is 124 Å². The third kappa shape index (κ3) is 24.5. The molecular weight excluding hydrogens is 1710 g/mol.